The van der Waals surface area contributed by atoms with Crippen LogP contribution >= 0.6 is 0 Å². The van der Waals surface area contributed by atoms with Crippen LogP contribution in [-0.2, 0) is 11.3 Å². The largest absolute Gasteiger partial charge is 0.369 e. The standard InChI is InChI=1S/C24H29FN6O/c1-16(2)23-26-11-17(12-27-23)14-31-9-10-32-21(15-31)22-20(13-28-24(29-22)30(3)4)18-5-7-19(25)8-6-18/h5-8,11-13,16,21H,9-10,14-15H2,1-4H3. The van der Waals surface area contributed by atoms with E-state index in [1.807, 2.05) is 31.4 Å². The Morgan fingerprint density at radius 3 is 2.47 bits per heavy atom. The molecule has 0 amide bonds. The zero-order valence-electron chi connectivity index (χ0n) is 19.0. The lowest BCUT2D eigenvalue weighted by Crippen LogP contribution is -2.38. The SMILES string of the molecule is CC(C)c1ncc(CN2CCOC(c3nc(N(C)C)ncc3-c3ccc(F)cc3)C2)cn1. The van der Waals surface area contributed by atoms with Gasteiger partial charge in [0.25, 0.3) is 0 Å². The molecule has 1 aliphatic rings. The summed E-state index contributed by atoms with van der Waals surface area (Å²) < 4.78 is 19.6. The predicted molar refractivity (Wildman–Crippen MR) is 122 cm³/mol. The molecule has 2 aromatic heterocycles. The molecule has 0 radical (unpaired) electrons. The van der Waals surface area contributed by atoms with Crippen molar-refractivity contribution in [3.8, 4) is 11.1 Å². The van der Waals surface area contributed by atoms with Crippen molar-refractivity contribution in [1.29, 1.82) is 0 Å². The van der Waals surface area contributed by atoms with Crippen LogP contribution in [0.3, 0.4) is 0 Å². The molecule has 0 bridgehead atoms. The molecule has 3 aromatic rings. The molecule has 0 N–H and O–H groups in total. The minimum Gasteiger partial charge on any atom is -0.369 e. The maximum atomic E-state index is 13.5. The molecular weight excluding hydrogens is 407 g/mol. The molecular formula is C24H29FN6O. The molecule has 1 aliphatic heterocycles. The van der Waals surface area contributed by atoms with E-state index in [0.717, 1.165) is 41.3 Å². The fourth-order valence-electron chi connectivity index (χ4n) is 3.71. The van der Waals surface area contributed by atoms with Gasteiger partial charge in [-0.25, -0.2) is 24.3 Å². The number of benzene rings is 1. The Labute approximate surface area is 188 Å². The van der Waals surface area contributed by atoms with E-state index in [4.69, 9.17) is 9.72 Å². The predicted octanol–water partition coefficient (Wildman–Crippen LogP) is 3.84. The number of rotatable bonds is 6. The van der Waals surface area contributed by atoms with Crippen molar-refractivity contribution >= 4 is 5.95 Å². The van der Waals surface area contributed by atoms with Gasteiger partial charge in [-0.1, -0.05) is 26.0 Å². The lowest BCUT2D eigenvalue weighted by Gasteiger charge is -2.33. The maximum absolute atomic E-state index is 13.5. The van der Waals surface area contributed by atoms with Crippen molar-refractivity contribution in [1.82, 2.24) is 24.8 Å². The first-order valence-corrected chi connectivity index (χ1v) is 10.9. The highest BCUT2D eigenvalue weighted by Crippen LogP contribution is 2.32. The van der Waals surface area contributed by atoms with Crippen LogP contribution in [0.2, 0.25) is 0 Å². The average molecular weight is 437 g/mol. The van der Waals surface area contributed by atoms with Crippen molar-refractivity contribution in [2.24, 2.45) is 0 Å². The molecule has 3 heterocycles. The van der Waals surface area contributed by atoms with E-state index in [9.17, 15) is 4.39 Å². The molecule has 0 saturated carbocycles. The van der Waals surface area contributed by atoms with Gasteiger partial charge in [0.2, 0.25) is 5.95 Å². The molecule has 32 heavy (non-hydrogen) atoms. The molecule has 1 saturated heterocycles. The van der Waals surface area contributed by atoms with E-state index in [-0.39, 0.29) is 11.9 Å². The quantitative estimate of drug-likeness (QED) is 0.582. The number of hydrogen-bond acceptors (Lipinski definition) is 7. The molecule has 4 rings (SSSR count). The minimum absolute atomic E-state index is 0.221. The van der Waals surface area contributed by atoms with E-state index >= 15 is 0 Å². The summed E-state index contributed by atoms with van der Waals surface area (Å²) in [5, 5.41) is 0. The van der Waals surface area contributed by atoms with E-state index < -0.39 is 0 Å². The van der Waals surface area contributed by atoms with Gasteiger partial charge >= 0.3 is 0 Å². The molecule has 1 unspecified atom stereocenters. The summed E-state index contributed by atoms with van der Waals surface area (Å²) in [6, 6.07) is 6.41. The third-order valence-corrected chi connectivity index (χ3v) is 5.46. The summed E-state index contributed by atoms with van der Waals surface area (Å²) >= 11 is 0. The number of morpholine rings is 1. The van der Waals surface area contributed by atoms with Crippen molar-refractivity contribution in [2.75, 3.05) is 38.7 Å². The second-order valence-corrected chi connectivity index (χ2v) is 8.57. The van der Waals surface area contributed by atoms with Crippen molar-refractivity contribution in [2.45, 2.75) is 32.4 Å². The van der Waals surface area contributed by atoms with Crippen molar-refractivity contribution in [3.63, 3.8) is 0 Å². The highest BCUT2D eigenvalue weighted by Gasteiger charge is 2.27. The molecule has 0 aliphatic carbocycles. The molecule has 0 spiro atoms. The number of anilines is 1. The summed E-state index contributed by atoms with van der Waals surface area (Å²) in [7, 11) is 3.82. The monoisotopic (exact) mass is 436 g/mol. The normalized spacial score (nSPS) is 17.0. The molecule has 168 valence electrons. The Bertz CT molecular complexity index is 1040. The van der Waals surface area contributed by atoms with Crippen LogP contribution in [0.1, 0.15) is 43.0 Å². The minimum atomic E-state index is -0.271. The number of halogens is 1. The third kappa shape index (κ3) is 5.08. The molecule has 1 atom stereocenters. The van der Waals surface area contributed by atoms with Crippen LogP contribution in [0, 0.1) is 5.82 Å². The first-order valence-electron chi connectivity index (χ1n) is 10.9. The fourth-order valence-corrected chi connectivity index (χ4v) is 3.71. The number of aromatic nitrogens is 4. The Hall–Kier alpha value is -2.97. The number of nitrogens with zero attached hydrogens (tertiary/aromatic N) is 6. The zero-order chi connectivity index (χ0) is 22.7. The van der Waals surface area contributed by atoms with Gasteiger partial charge in [0.15, 0.2) is 0 Å². The van der Waals surface area contributed by atoms with Crippen LogP contribution in [0.5, 0.6) is 0 Å². The highest BCUT2D eigenvalue weighted by molar-refractivity contribution is 5.66. The zero-order valence-corrected chi connectivity index (χ0v) is 19.0. The van der Waals surface area contributed by atoms with E-state index in [2.05, 4.69) is 33.7 Å². The lowest BCUT2D eigenvalue weighted by atomic mass is 10.0. The number of hydrogen-bond donors (Lipinski definition) is 0. The Kier molecular flexibility index (Phi) is 6.72. The Morgan fingerprint density at radius 1 is 1.09 bits per heavy atom. The van der Waals surface area contributed by atoms with Gasteiger partial charge in [0, 0.05) is 69.4 Å². The summed E-state index contributed by atoms with van der Waals surface area (Å²) in [6.07, 6.45) is 5.39. The van der Waals surface area contributed by atoms with Gasteiger partial charge in [-0.05, 0) is 17.7 Å². The van der Waals surface area contributed by atoms with Crippen LogP contribution < -0.4 is 4.90 Å². The van der Waals surface area contributed by atoms with Crippen LogP contribution in [0.4, 0.5) is 10.3 Å². The molecule has 8 heteroatoms. The van der Waals surface area contributed by atoms with Crippen molar-refractivity contribution < 1.29 is 9.13 Å². The number of ether oxygens (including phenoxy) is 1. The maximum Gasteiger partial charge on any atom is 0.225 e. The van der Waals surface area contributed by atoms with Gasteiger partial charge in [-0.3, -0.25) is 4.90 Å². The first kappa shape index (κ1) is 22.2. The summed E-state index contributed by atoms with van der Waals surface area (Å²) in [4.78, 5) is 22.5. The van der Waals surface area contributed by atoms with Gasteiger partial charge < -0.3 is 9.64 Å². The van der Waals surface area contributed by atoms with Gasteiger partial charge in [-0.2, -0.15) is 0 Å². The Balaban J connectivity index is 1.58. The second kappa shape index (κ2) is 9.67. The van der Waals surface area contributed by atoms with E-state index in [1.165, 1.54) is 12.1 Å². The van der Waals surface area contributed by atoms with Crippen LogP contribution in [0.25, 0.3) is 11.1 Å². The van der Waals surface area contributed by atoms with Gasteiger partial charge in [0.05, 0.1) is 12.3 Å². The summed E-state index contributed by atoms with van der Waals surface area (Å²) in [5.41, 5.74) is 3.61. The summed E-state index contributed by atoms with van der Waals surface area (Å²) in [5.74, 6) is 1.51. The second-order valence-electron chi connectivity index (χ2n) is 8.57. The van der Waals surface area contributed by atoms with E-state index in [0.29, 0.717) is 25.0 Å². The van der Waals surface area contributed by atoms with Crippen LogP contribution in [-0.4, -0.2) is 58.6 Å². The van der Waals surface area contributed by atoms with Crippen LogP contribution in [0.15, 0.2) is 42.9 Å². The lowest BCUT2D eigenvalue weighted by molar-refractivity contribution is -0.0347. The topological polar surface area (TPSA) is 67.3 Å². The third-order valence-electron chi connectivity index (χ3n) is 5.46. The van der Waals surface area contributed by atoms with Crippen molar-refractivity contribution in [3.05, 3.63) is 65.8 Å². The molecule has 1 fully saturated rings. The van der Waals surface area contributed by atoms with Gasteiger partial charge in [-0.15, -0.1) is 0 Å². The van der Waals surface area contributed by atoms with Gasteiger partial charge in [0.1, 0.15) is 17.7 Å². The average Bonchev–Trinajstić information content (AvgIpc) is 2.80. The Morgan fingerprint density at radius 2 is 1.81 bits per heavy atom. The van der Waals surface area contributed by atoms with E-state index in [1.54, 1.807) is 18.3 Å². The molecule has 7 nitrogen and oxygen atoms in total. The summed E-state index contributed by atoms with van der Waals surface area (Å²) in [6.45, 7) is 7.02. The smallest absolute Gasteiger partial charge is 0.225 e. The first-order chi connectivity index (χ1) is 15.4. The molecule has 1 aromatic carbocycles. The highest BCUT2D eigenvalue weighted by atomic mass is 19.1. The fraction of sp³-hybridized carbons (Fsp3) is 0.417.